The van der Waals surface area contributed by atoms with E-state index in [0.717, 1.165) is 0 Å². The number of hydrogen-bond acceptors (Lipinski definition) is 0. The average Bonchev–Trinajstić information content (AvgIpc) is 3.42. The monoisotopic (exact) mass is 290 g/mol. The minimum absolute atomic E-state index is 1.17. The van der Waals surface area contributed by atoms with E-state index in [0.29, 0.717) is 0 Å². The lowest BCUT2D eigenvalue weighted by molar-refractivity contribution is 1.21. The number of hydrogen-bond donors (Lipinski definition) is 0. The van der Waals surface area contributed by atoms with Crippen molar-refractivity contribution in [3.8, 4) is 0 Å². The van der Waals surface area contributed by atoms with Crippen LogP contribution in [-0.4, -0.2) is 0 Å². The van der Waals surface area contributed by atoms with Crippen molar-refractivity contribution in [2.45, 2.75) is 26.2 Å². The van der Waals surface area contributed by atoms with Crippen LogP contribution in [0.1, 0.15) is 37.3 Å². The Kier molecular flexibility index (Phi) is 9.12. The summed E-state index contributed by atoms with van der Waals surface area (Å²) >= 11 is 0. The lowest BCUT2D eigenvalue weighted by Crippen LogP contribution is -1.63. The Hall–Kier alpha value is -2.34. The summed E-state index contributed by atoms with van der Waals surface area (Å²) in [5.41, 5.74) is 4.01. The van der Waals surface area contributed by atoms with Gasteiger partial charge in [0.05, 0.1) is 0 Å². The topological polar surface area (TPSA) is 0 Å². The van der Waals surface area contributed by atoms with E-state index < -0.39 is 0 Å². The third-order valence-corrected chi connectivity index (χ3v) is 3.10. The van der Waals surface area contributed by atoms with Crippen molar-refractivity contribution < 1.29 is 0 Å². The zero-order chi connectivity index (χ0) is 16.0. The molecule has 22 heavy (non-hydrogen) atoms. The summed E-state index contributed by atoms with van der Waals surface area (Å²) in [6.07, 6.45) is 9.98. The molecule has 0 saturated heterocycles. The molecule has 0 radical (unpaired) electrons. The van der Waals surface area contributed by atoms with Gasteiger partial charge in [0.2, 0.25) is 0 Å². The molecule has 0 aromatic heterocycles. The second kappa shape index (κ2) is 11.3. The fourth-order valence-electron chi connectivity index (χ4n) is 1.74. The predicted molar refractivity (Wildman–Crippen MR) is 101 cm³/mol. The summed E-state index contributed by atoms with van der Waals surface area (Å²) in [5.74, 6) is 0. The Morgan fingerprint density at radius 3 is 1.36 bits per heavy atom. The van der Waals surface area contributed by atoms with Crippen LogP contribution in [0.25, 0.3) is 12.2 Å². The van der Waals surface area contributed by atoms with Crippen LogP contribution in [-0.2, 0) is 0 Å². The molecule has 0 N–H and O–H groups in total. The highest BCUT2D eigenvalue weighted by Gasteiger charge is 2.07. The maximum atomic E-state index is 3.63. The van der Waals surface area contributed by atoms with Crippen LogP contribution >= 0.6 is 0 Å². The van der Waals surface area contributed by atoms with E-state index >= 15 is 0 Å². The summed E-state index contributed by atoms with van der Waals surface area (Å²) in [7, 11) is 0. The van der Waals surface area contributed by atoms with E-state index in [1.807, 2.05) is 72.8 Å². The van der Waals surface area contributed by atoms with Gasteiger partial charge >= 0.3 is 0 Å². The molecule has 114 valence electrons. The smallest absolute Gasteiger partial charge is 0.0263 e. The van der Waals surface area contributed by atoms with Gasteiger partial charge in [0.1, 0.15) is 0 Å². The molecule has 1 aliphatic carbocycles. The Bertz CT molecular complexity index is 512. The van der Waals surface area contributed by atoms with E-state index in [-0.39, 0.29) is 0 Å². The van der Waals surface area contributed by atoms with Crippen LogP contribution in [0, 0.1) is 0 Å². The highest BCUT2D eigenvalue weighted by molar-refractivity contribution is 5.46. The molecule has 0 unspecified atom stereocenters. The fraction of sp³-hybridized carbons (Fsp3) is 0.182. The minimum atomic E-state index is 1.17. The molecule has 0 atom stereocenters. The third kappa shape index (κ3) is 8.76. The van der Waals surface area contributed by atoms with Crippen LogP contribution < -0.4 is 0 Å². The standard InChI is InChI=1S/2C8H8.C6H10/c2*1-2-8-6-4-3-5-7-8;1-2-3-6-4-5-6/h2*2-7H,1H2;3H,2,4-5H2,1H3. The second-order valence-electron chi connectivity index (χ2n) is 5.00. The summed E-state index contributed by atoms with van der Waals surface area (Å²) in [5, 5.41) is 0. The Labute approximate surface area is 135 Å². The van der Waals surface area contributed by atoms with Gasteiger partial charge in [-0.1, -0.05) is 105 Å². The summed E-state index contributed by atoms with van der Waals surface area (Å²) < 4.78 is 0. The van der Waals surface area contributed by atoms with E-state index in [4.69, 9.17) is 0 Å². The number of allylic oxidation sites excluding steroid dienone is 2. The molecule has 2 aromatic rings. The molecule has 1 saturated carbocycles. The Morgan fingerprint density at radius 1 is 0.773 bits per heavy atom. The van der Waals surface area contributed by atoms with Crippen molar-refractivity contribution in [1.29, 1.82) is 0 Å². The van der Waals surface area contributed by atoms with E-state index in [1.165, 1.54) is 30.4 Å². The normalized spacial score (nSPS) is 11.0. The largest absolute Gasteiger partial charge is 0.0985 e. The molecule has 3 rings (SSSR count). The predicted octanol–water partition coefficient (Wildman–Crippen LogP) is 6.78. The fourth-order valence-corrected chi connectivity index (χ4v) is 1.74. The molecule has 0 aliphatic heterocycles. The highest BCUT2D eigenvalue weighted by Crippen LogP contribution is 2.27. The Morgan fingerprint density at radius 2 is 1.18 bits per heavy atom. The van der Waals surface area contributed by atoms with Gasteiger partial charge in [0, 0.05) is 0 Å². The van der Waals surface area contributed by atoms with Gasteiger partial charge in [0.15, 0.2) is 0 Å². The first-order valence-corrected chi connectivity index (χ1v) is 7.83. The average molecular weight is 290 g/mol. The lowest BCUT2D eigenvalue weighted by Gasteiger charge is -1.85. The molecule has 1 aliphatic rings. The van der Waals surface area contributed by atoms with E-state index in [2.05, 4.69) is 26.2 Å². The minimum Gasteiger partial charge on any atom is -0.0985 e. The summed E-state index contributed by atoms with van der Waals surface area (Å²) in [6.45, 7) is 9.45. The van der Waals surface area contributed by atoms with Crippen molar-refractivity contribution in [3.05, 3.63) is 96.6 Å². The summed E-state index contributed by atoms with van der Waals surface area (Å²) in [4.78, 5) is 0. The van der Waals surface area contributed by atoms with Crippen molar-refractivity contribution in [1.82, 2.24) is 0 Å². The van der Waals surface area contributed by atoms with Gasteiger partial charge in [-0.05, 0) is 30.4 Å². The van der Waals surface area contributed by atoms with Crippen LogP contribution in [0.4, 0.5) is 0 Å². The number of rotatable bonds is 3. The second-order valence-corrected chi connectivity index (χ2v) is 5.00. The molecule has 0 heterocycles. The van der Waals surface area contributed by atoms with Gasteiger partial charge in [-0.15, -0.1) is 0 Å². The lowest BCUT2D eigenvalue weighted by atomic mass is 10.2. The molecule has 1 fully saturated rings. The van der Waals surface area contributed by atoms with E-state index in [9.17, 15) is 0 Å². The van der Waals surface area contributed by atoms with Gasteiger partial charge in [-0.3, -0.25) is 0 Å². The van der Waals surface area contributed by atoms with Crippen LogP contribution in [0.5, 0.6) is 0 Å². The van der Waals surface area contributed by atoms with Crippen LogP contribution in [0.15, 0.2) is 85.5 Å². The highest BCUT2D eigenvalue weighted by atomic mass is 14.1. The maximum absolute atomic E-state index is 3.63. The van der Waals surface area contributed by atoms with Gasteiger partial charge in [-0.2, -0.15) is 0 Å². The quantitative estimate of drug-likeness (QED) is 0.547. The van der Waals surface area contributed by atoms with Gasteiger partial charge in [-0.25, -0.2) is 0 Å². The zero-order valence-corrected chi connectivity index (χ0v) is 13.5. The first-order chi connectivity index (χ1) is 10.8. The molecule has 0 heteroatoms. The zero-order valence-electron chi connectivity index (χ0n) is 13.5. The van der Waals surface area contributed by atoms with Gasteiger partial charge < -0.3 is 0 Å². The van der Waals surface area contributed by atoms with Crippen molar-refractivity contribution in [2.75, 3.05) is 0 Å². The Balaban J connectivity index is 0.000000167. The summed E-state index contributed by atoms with van der Waals surface area (Å²) in [6, 6.07) is 20.1. The molecule has 0 spiro atoms. The van der Waals surface area contributed by atoms with Crippen LogP contribution in [0.3, 0.4) is 0 Å². The molecule has 0 amide bonds. The first kappa shape index (κ1) is 17.7. The maximum Gasteiger partial charge on any atom is -0.0263 e. The van der Waals surface area contributed by atoms with Crippen LogP contribution in [0.2, 0.25) is 0 Å². The molecule has 2 aromatic carbocycles. The molecular weight excluding hydrogens is 264 g/mol. The SMILES string of the molecule is C=Cc1ccccc1.C=Cc1ccccc1.CCC=C1CC1. The van der Waals surface area contributed by atoms with Crippen molar-refractivity contribution in [2.24, 2.45) is 0 Å². The van der Waals surface area contributed by atoms with Gasteiger partial charge in [0.25, 0.3) is 0 Å². The van der Waals surface area contributed by atoms with E-state index in [1.54, 1.807) is 5.57 Å². The molecular formula is C22H26. The first-order valence-electron chi connectivity index (χ1n) is 7.83. The third-order valence-electron chi connectivity index (χ3n) is 3.10. The molecule has 0 bridgehead atoms. The van der Waals surface area contributed by atoms with Crippen molar-refractivity contribution in [3.63, 3.8) is 0 Å². The van der Waals surface area contributed by atoms with Crippen molar-refractivity contribution >= 4 is 12.2 Å². The number of benzene rings is 2. The molecule has 0 nitrogen and oxygen atoms in total.